The lowest BCUT2D eigenvalue weighted by molar-refractivity contribution is -0.139. The number of carbonyl (C=O) groups excluding carboxylic acids is 1. The minimum atomic E-state index is -1.02. The van der Waals surface area contributed by atoms with Gasteiger partial charge in [-0.05, 0) is 19.3 Å². The second kappa shape index (κ2) is 7.96. The summed E-state index contributed by atoms with van der Waals surface area (Å²) in [7, 11) is 0. The van der Waals surface area contributed by atoms with Crippen LogP contribution in [-0.4, -0.2) is 65.6 Å². The summed E-state index contributed by atoms with van der Waals surface area (Å²) >= 11 is 0. The number of carboxylic acids is 1. The molecule has 2 amide bonds. The molecule has 0 aromatic heterocycles. The van der Waals surface area contributed by atoms with Gasteiger partial charge in [0, 0.05) is 13.1 Å². The minimum Gasteiger partial charge on any atom is -0.480 e. The van der Waals surface area contributed by atoms with E-state index in [2.05, 4.69) is 5.32 Å². The second-order valence-electron chi connectivity index (χ2n) is 4.53. The van der Waals surface area contributed by atoms with Gasteiger partial charge in [0.25, 0.3) is 0 Å². The van der Waals surface area contributed by atoms with Crippen LogP contribution in [0.1, 0.15) is 26.2 Å². The van der Waals surface area contributed by atoms with E-state index in [4.69, 9.17) is 14.9 Å². The molecule has 1 fully saturated rings. The van der Waals surface area contributed by atoms with E-state index < -0.39 is 12.0 Å². The molecule has 0 saturated carbocycles. The first-order valence-electron chi connectivity index (χ1n) is 6.59. The highest BCUT2D eigenvalue weighted by molar-refractivity contribution is 5.82. The highest BCUT2D eigenvalue weighted by Crippen LogP contribution is 2.13. The Bertz CT molecular complexity index is 302. The Kier molecular flexibility index (Phi) is 6.58. The number of hydrogen-bond acceptors (Lipinski definition) is 4. The van der Waals surface area contributed by atoms with Gasteiger partial charge >= 0.3 is 12.0 Å². The van der Waals surface area contributed by atoms with Crippen molar-refractivity contribution in [3.8, 4) is 0 Å². The molecule has 110 valence electrons. The van der Waals surface area contributed by atoms with Crippen molar-refractivity contribution < 1.29 is 24.5 Å². The molecule has 0 unspecified atom stereocenters. The largest absolute Gasteiger partial charge is 0.480 e. The maximum atomic E-state index is 11.9. The summed E-state index contributed by atoms with van der Waals surface area (Å²) in [6, 6.07) is -1.18. The van der Waals surface area contributed by atoms with Crippen LogP contribution >= 0.6 is 0 Å². The molecule has 0 radical (unpaired) electrons. The maximum Gasteiger partial charge on any atom is 0.326 e. The zero-order valence-electron chi connectivity index (χ0n) is 11.2. The smallest absolute Gasteiger partial charge is 0.326 e. The number of aliphatic hydroxyl groups excluding tert-OH is 1. The lowest BCUT2D eigenvalue weighted by atomic mass is 10.1. The van der Waals surface area contributed by atoms with Gasteiger partial charge in [0.1, 0.15) is 6.04 Å². The van der Waals surface area contributed by atoms with Crippen molar-refractivity contribution in [3.05, 3.63) is 0 Å². The molecular formula is C12H22N2O5. The number of aliphatic carboxylic acids is 1. The summed E-state index contributed by atoms with van der Waals surface area (Å²) in [5, 5.41) is 20.0. The predicted octanol–water partition coefficient (Wildman–Crippen LogP) is 0.0325. The van der Waals surface area contributed by atoms with E-state index in [1.165, 1.54) is 0 Å². The molecule has 7 nitrogen and oxygen atoms in total. The average molecular weight is 274 g/mol. The van der Waals surface area contributed by atoms with E-state index in [9.17, 15) is 9.59 Å². The Labute approximate surface area is 112 Å². The normalized spacial score (nSPS) is 18.1. The third kappa shape index (κ3) is 5.04. The molecule has 0 aliphatic carbocycles. The van der Waals surface area contributed by atoms with Crippen LogP contribution < -0.4 is 5.32 Å². The number of hydrogen-bond donors (Lipinski definition) is 3. The maximum absolute atomic E-state index is 11.9. The van der Waals surface area contributed by atoms with Crippen LogP contribution in [0.4, 0.5) is 4.79 Å². The molecule has 19 heavy (non-hydrogen) atoms. The molecular weight excluding hydrogens is 252 g/mol. The summed E-state index contributed by atoms with van der Waals surface area (Å²) in [6.45, 7) is 3.11. The number of piperidine rings is 1. The number of urea groups is 1. The van der Waals surface area contributed by atoms with Gasteiger partial charge in [-0.2, -0.15) is 0 Å². The number of carbonyl (C=O) groups is 2. The van der Waals surface area contributed by atoms with Gasteiger partial charge in [0.15, 0.2) is 0 Å². The Morgan fingerprint density at radius 1 is 1.42 bits per heavy atom. The van der Waals surface area contributed by atoms with Crippen LogP contribution in [0.15, 0.2) is 0 Å². The molecule has 1 rings (SSSR count). The highest BCUT2D eigenvalue weighted by Gasteiger charge is 2.26. The molecule has 1 saturated heterocycles. The van der Waals surface area contributed by atoms with Gasteiger partial charge in [-0.15, -0.1) is 0 Å². The van der Waals surface area contributed by atoms with E-state index in [-0.39, 0.29) is 18.7 Å². The van der Waals surface area contributed by atoms with Crippen molar-refractivity contribution in [1.82, 2.24) is 10.2 Å². The van der Waals surface area contributed by atoms with Crippen molar-refractivity contribution >= 4 is 12.0 Å². The molecule has 0 spiro atoms. The number of likely N-dealkylation sites (tertiary alicyclic amines) is 1. The first-order valence-corrected chi connectivity index (χ1v) is 6.59. The van der Waals surface area contributed by atoms with Gasteiger partial charge < -0.3 is 25.2 Å². The quantitative estimate of drug-likeness (QED) is 0.635. The SMILES string of the molecule is CC[C@H](NC(=O)N1CCC(OCCO)CC1)C(=O)O. The second-order valence-corrected chi connectivity index (χ2v) is 4.53. The van der Waals surface area contributed by atoms with Gasteiger partial charge in [-0.1, -0.05) is 6.92 Å². The zero-order chi connectivity index (χ0) is 14.3. The fourth-order valence-electron chi connectivity index (χ4n) is 2.02. The molecule has 7 heteroatoms. The minimum absolute atomic E-state index is 0.00249. The van der Waals surface area contributed by atoms with Gasteiger partial charge in [0.2, 0.25) is 0 Å². The summed E-state index contributed by atoms with van der Waals surface area (Å²) in [5.74, 6) is -1.02. The van der Waals surface area contributed by atoms with E-state index in [0.717, 1.165) is 0 Å². The fraction of sp³-hybridized carbons (Fsp3) is 0.833. The number of rotatable bonds is 6. The molecule has 1 aliphatic heterocycles. The summed E-state index contributed by atoms with van der Waals surface area (Å²) in [5.41, 5.74) is 0. The van der Waals surface area contributed by atoms with Gasteiger partial charge in [-0.25, -0.2) is 9.59 Å². The van der Waals surface area contributed by atoms with Crippen LogP contribution in [0.25, 0.3) is 0 Å². The predicted molar refractivity (Wildman–Crippen MR) is 67.9 cm³/mol. The number of ether oxygens (including phenoxy) is 1. The number of amides is 2. The first-order chi connectivity index (χ1) is 9.08. The molecule has 0 aromatic carbocycles. The standard InChI is InChI=1S/C12H22N2O5/c1-2-10(11(16)17)13-12(18)14-5-3-9(4-6-14)19-8-7-15/h9-10,15H,2-8H2,1H3,(H,13,18)(H,16,17)/t10-/m0/s1. The van der Waals surface area contributed by atoms with Crippen molar-refractivity contribution in [1.29, 1.82) is 0 Å². The Morgan fingerprint density at radius 3 is 2.53 bits per heavy atom. The number of aliphatic hydroxyl groups is 1. The lowest BCUT2D eigenvalue weighted by Gasteiger charge is -2.32. The topological polar surface area (TPSA) is 99.1 Å². The van der Waals surface area contributed by atoms with Crippen molar-refractivity contribution in [2.45, 2.75) is 38.3 Å². The Balaban J connectivity index is 2.34. The zero-order valence-corrected chi connectivity index (χ0v) is 11.2. The van der Waals surface area contributed by atoms with E-state index in [1.807, 2.05) is 0 Å². The van der Waals surface area contributed by atoms with Crippen LogP contribution in [0.5, 0.6) is 0 Å². The summed E-state index contributed by atoms with van der Waals surface area (Å²) in [6.07, 6.45) is 1.84. The third-order valence-corrected chi connectivity index (χ3v) is 3.18. The monoisotopic (exact) mass is 274 g/mol. The molecule has 1 heterocycles. The average Bonchev–Trinajstić information content (AvgIpc) is 2.42. The Morgan fingerprint density at radius 2 is 2.05 bits per heavy atom. The van der Waals surface area contributed by atoms with Crippen molar-refractivity contribution in [2.24, 2.45) is 0 Å². The highest BCUT2D eigenvalue weighted by atomic mass is 16.5. The molecule has 0 aromatic rings. The van der Waals surface area contributed by atoms with Crippen LogP contribution in [0.2, 0.25) is 0 Å². The van der Waals surface area contributed by atoms with Crippen LogP contribution in [0.3, 0.4) is 0 Å². The first kappa shape index (κ1) is 15.7. The lowest BCUT2D eigenvalue weighted by Crippen LogP contribution is -2.50. The number of carboxylic acid groups (broad SMARTS) is 1. The summed E-state index contributed by atoms with van der Waals surface area (Å²) < 4.78 is 5.40. The Hall–Kier alpha value is -1.34. The molecule has 1 aliphatic rings. The third-order valence-electron chi connectivity index (χ3n) is 3.18. The van der Waals surface area contributed by atoms with Gasteiger partial charge in [-0.3, -0.25) is 0 Å². The van der Waals surface area contributed by atoms with E-state index >= 15 is 0 Å². The molecule has 0 bridgehead atoms. The van der Waals surface area contributed by atoms with Gasteiger partial charge in [0.05, 0.1) is 19.3 Å². The van der Waals surface area contributed by atoms with Crippen molar-refractivity contribution in [3.63, 3.8) is 0 Å². The number of nitrogens with zero attached hydrogens (tertiary/aromatic N) is 1. The summed E-state index contributed by atoms with van der Waals surface area (Å²) in [4.78, 5) is 24.3. The number of nitrogens with one attached hydrogen (secondary N) is 1. The molecule has 3 N–H and O–H groups in total. The van der Waals surface area contributed by atoms with Crippen LogP contribution in [-0.2, 0) is 9.53 Å². The van der Waals surface area contributed by atoms with E-state index in [0.29, 0.717) is 39.0 Å². The fourth-order valence-corrected chi connectivity index (χ4v) is 2.02. The van der Waals surface area contributed by atoms with E-state index in [1.54, 1.807) is 11.8 Å². The molecule has 1 atom stereocenters. The van der Waals surface area contributed by atoms with Crippen molar-refractivity contribution in [2.75, 3.05) is 26.3 Å². The van der Waals surface area contributed by atoms with Crippen LogP contribution in [0, 0.1) is 0 Å².